The maximum absolute atomic E-state index is 13.8. The van der Waals surface area contributed by atoms with Crippen LogP contribution in [0.1, 0.15) is 23.1 Å². The molecule has 4 aromatic carbocycles. The fourth-order valence-electron chi connectivity index (χ4n) is 3.99. The van der Waals surface area contributed by atoms with E-state index in [1.807, 2.05) is 0 Å². The Balaban J connectivity index is 1.33. The number of nitrogens with zero attached hydrogens (tertiary/aromatic N) is 2. The van der Waals surface area contributed by atoms with E-state index in [1.165, 1.54) is 36.4 Å². The number of aryl methyl sites for hydroxylation is 1. The largest absolute Gasteiger partial charge is 0.493 e. The molecule has 0 aliphatic heterocycles. The van der Waals surface area contributed by atoms with E-state index in [4.69, 9.17) is 18.9 Å². The van der Waals surface area contributed by atoms with Crippen molar-refractivity contribution in [2.75, 3.05) is 19.9 Å². The number of ether oxygens (including phenoxy) is 2. The average molecular weight is 725 g/mol. The lowest BCUT2D eigenvalue weighted by Crippen LogP contribution is -2.25. The van der Waals surface area contributed by atoms with Gasteiger partial charge in [0.2, 0.25) is 0 Å². The van der Waals surface area contributed by atoms with E-state index < -0.39 is 49.3 Å². The quantitative estimate of drug-likeness (QED) is 0.0366. The minimum atomic E-state index is -5.10. The summed E-state index contributed by atoms with van der Waals surface area (Å²) in [5, 5.41) is 14.5. The number of rotatable bonds is 15. The van der Waals surface area contributed by atoms with Crippen molar-refractivity contribution in [2.24, 2.45) is 10.3 Å². The van der Waals surface area contributed by atoms with Gasteiger partial charge in [0.15, 0.2) is 5.71 Å². The Hall–Kier alpha value is -5.16. The number of benzene rings is 4. The molecule has 0 bridgehead atoms. The van der Waals surface area contributed by atoms with Gasteiger partial charge in [-0.25, -0.2) is 4.39 Å². The fourth-order valence-corrected chi connectivity index (χ4v) is 5.65. The molecule has 4 aromatic rings. The smallest absolute Gasteiger partial charge is 0.437 e. The normalized spacial score (nSPS) is 12.8. The van der Waals surface area contributed by atoms with Crippen LogP contribution in [0.4, 0.5) is 17.6 Å². The molecular weight excluding hydrogens is 696 g/mol. The molecule has 0 spiro atoms. The second-order valence-corrected chi connectivity index (χ2v) is 13.1. The van der Waals surface area contributed by atoms with Gasteiger partial charge in [0.25, 0.3) is 0 Å². The highest BCUT2D eigenvalue weighted by atomic mass is 32.2. The minimum absolute atomic E-state index is 0.123. The first-order valence-corrected chi connectivity index (χ1v) is 17.0. The summed E-state index contributed by atoms with van der Waals surface area (Å²) in [4.78, 5) is -0.743. The molecule has 0 heterocycles. The lowest BCUT2D eigenvalue weighted by molar-refractivity contribution is -0.0597. The lowest BCUT2D eigenvalue weighted by Gasteiger charge is -2.12. The molecule has 49 heavy (non-hydrogen) atoms. The zero-order chi connectivity index (χ0) is 35.7. The molecule has 11 nitrogen and oxygen atoms in total. The van der Waals surface area contributed by atoms with Gasteiger partial charge in [-0.15, -0.1) is 0 Å². The molecule has 0 amide bonds. The zero-order valence-electron chi connectivity index (χ0n) is 25.5. The van der Waals surface area contributed by atoms with Crippen LogP contribution in [-0.4, -0.2) is 59.5 Å². The molecule has 0 saturated carbocycles. The molecule has 0 fully saturated rings. The topological polar surface area (TPSA) is 150 Å². The van der Waals surface area contributed by atoms with Crippen LogP contribution in [-0.2, 0) is 24.5 Å². The van der Waals surface area contributed by atoms with Gasteiger partial charge in [0.1, 0.15) is 39.4 Å². The molecule has 0 aliphatic rings. The van der Waals surface area contributed by atoms with Crippen LogP contribution in [0.15, 0.2) is 117 Å². The molecule has 17 heteroatoms. The Labute approximate surface area is 279 Å². The van der Waals surface area contributed by atoms with Gasteiger partial charge in [0.05, 0.1) is 13.2 Å². The van der Waals surface area contributed by atoms with Gasteiger partial charge in [-0.1, -0.05) is 28.0 Å². The van der Waals surface area contributed by atoms with Gasteiger partial charge < -0.3 is 18.9 Å². The summed E-state index contributed by atoms with van der Waals surface area (Å²) in [6, 6.07) is 20.3. The average Bonchev–Trinajstić information content (AvgIpc) is 3.06. The van der Waals surface area contributed by atoms with Gasteiger partial charge in [-0.05, 0) is 91.9 Å². The van der Waals surface area contributed by atoms with E-state index in [9.17, 15) is 34.4 Å². The molecule has 0 aliphatic carbocycles. The predicted molar refractivity (Wildman–Crippen MR) is 169 cm³/mol. The van der Waals surface area contributed by atoms with Crippen molar-refractivity contribution in [2.45, 2.75) is 29.3 Å². The van der Waals surface area contributed by atoms with Gasteiger partial charge in [-0.3, -0.25) is 4.28 Å². The van der Waals surface area contributed by atoms with Crippen molar-refractivity contribution in [3.63, 3.8) is 0 Å². The molecular formula is C32H28F4N2O9S2. The van der Waals surface area contributed by atoms with Crippen LogP contribution in [0.3, 0.4) is 0 Å². The third kappa shape index (κ3) is 10.2. The summed E-state index contributed by atoms with van der Waals surface area (Å²) in [5.41, 5.74) is -1.05. The van der Waals surface area contributed by atoms with E-state index in [0.717, 1.165) is 42.0 Å². The van der Waals surface area contributed by atoms with Crippen molar-refractivity contribution in [1.29, 1.82) is 0 Å². The van der Waals surface area contributed by atoms with Crippen LogP contribution < -0.4 is 13.7 Å². The lowest BCUT2D eigenvalue weighted by atomic mass is 10.1. The molecule has 0 unspecified atom stereocenters. The maximum atomic E-state index is 13.8. The highest BCUT2D eigenvalue weighted by Gasteiger charge is 2.38. The summed E-state index contributed by atoms with van der Waals surface area (Å²) >= 11 is 0. The molecule has 0 atom stereocenters. The summed E-state index contributed by atoms with van der Waals surface area (Å²) < 4.78 is 125. The van der Waals surface area contributed by atoms with Crippen LogP contribution in [0.5, 0.6) is 17.2 Å². The van der Waals surface area contributed by atoms with Crippen LogP contribution in [0.25, 0.3) is 0 Å². The van der Waals surface area contributed by atoms with Crippen molar-refractivity contribution < 1.29 is 57.5 Å². The number of hydrogen-bond acceptors (Lipinski definition) is 11. The number of alkyl halides is 4. The molecule has 0 saturated heterocycles. The molecule has 1 N–H and O–H groups in total. The monoisotopic (exact) mass is 724 g/mol. The van der Waals surface area contributed by atoms with Crippen LogP contribution in [0, 0.1) is 6.92 Å². The van der Waals surface area contributed by atoms with E-state index in [-0.39, 0.29) is 35.3 Å². The first kappa shape index (κ1) is 36.7. The number of halogens is 4. The Kier molecular flexibility index (Phi) is 11.8. The van der Waals surface area contributed by atoms with E-state index in [0.29, 0.717) is 17.7 Å². The summed E-state index contributed by atoms with van der Waals surface area (Å²) in [6.07, 6.45) is -4.71. The predicted octanol–water partition coefficient (Wildman–Crippen LogP) is 6.43. The summed E-state index contributed by atoms with van der Waals surface area (Å²) in [6.45, 7) is 1.20. The highest BCUT2D eigenvalue weighted by molar-refractivity contribution is 7.87. The Morgan fingerprint density at radius 1 is 0.694 bits per heavy atom. The van der Waals surface area contributed by atoms with Crippen molar-refractivity contribution in [3.05, 3.63) is 114 Å². The second-order valence-electron chi connectivity index (χ2n) is 10.1. The number of oxime groups is 2. The van der Waals surface area contributed by atoms with Crippen LogP contribution in [0.2, 0.25) is 0 Å². The third-order valence-corrected chi connectivity index (χ3v) is 8.89. The first-order valence-electron chi connectivity index (χ1n) is 14.2. The standard InChI is InChI=1S/C32H28F4N2O9S2/c1-22-3-15-28(16-4-22)48(40,41)46-27-13-17-29(18-14-27)49(42,43)47-38-31(32(34,35)36)24-7-11-26(12-8-24)45-20-2-19-44-25-9-5-23(6-10-25)30(21-33)37-39/h3-18,39H,2,19-21H2,1H3. The van der Waals surface area contributed by atoms with E-state index in [2.05, 4.69) is 14.6 Å². The van der Waals surface area contributed by atoms with E-state index in [1.54, 1.807) is 31.2 Å². The SMILES string of the molecule is Cc1ccc(S(=O)(=O)Oc2ccc(S(=O)(=O)ON=C(c3ccc(OCCCOc4ccc(C(CF)=NO)cc4)cc3)C(F)(F)F)cc2)cc1. The van der Waals surface area contributed by atoms with E-state index >= 15 is 0 Å². The third-order valence-electron chi connectivity index (χ3n) is 6.51. The molecule has 260 valence electrons. The van der Waals surface area contributed by atoms with Gasteiger partial charge in [-0.2, -0.15) is 30.0 Å². The summed E-state index contributed by atoms with van der Waals surface area (Å²) in [5.74, 6) is 0.447. The number of hydrogen-bond donors (Lipinski definition) is 1. The fraction of sp³-hybridized carbons (Fsp3) is 0.188. The van der Waals surface area contributed by atoms with Crippen molar-refractivity contribution >= 4 is 31.7 Å². The van der Waals surface area contributed by atoms with Gasteiger partial charge >= 0.3 is 26.4 Å². The highest BCUT2D eigenvalue weighted by Crippen LogP contribution is 2.27. The van der Waals surface area contributed by atoms with Crippen LogP contribution >= 0.6 is 0 Å². The maximum Gasteiger partial charge on any atom is 0.437 e. The van der Waals surface area contributed by atoms with Crippen molar-refractivity contribution in [1.82, 2.24) is 0 Å². The Bertz CT molecular complexity index is 1980. The van der Waals surface area contributed by atoms with Crippen molar-refractivity contribution in [3.8, 4) is 17.2 Å². The first-order chi connectivity index (χ1) is 23.2. The van der Waals surface area contributed by atoms with Gasteiger partial charge in [0, 0.05) is 17.5 Å². The minimum Gasteiger partial charge on any atom is -0.493 e. The zero-order valence-corrected chi connectivity index (χ0v) is 27.1. The summed E-state index contributed by atoms with van der Waals surface area (Å²) in [7, 11) is -9.09. The Morgan fingerprint density at radius 3 is 1.65 bits per heavy atom. The molecule has 4 rings (SSSR count). The Morgan fingerprint density at radius 2 is 1.16 bits per heavy atom. The molecule has 0 aromatic heterocycles. The molecule has 0 radical (unpaired) electrons. The second kappa shape index (κ2) is 15.8.